The number of rotatable bonds is 3. The molecule has 34 valence electrons. The topological polar surface area (TPSA) is 12.0 Å². The molecule has 6 heavy (non-hydrogen) atoms. The average Bonchev–Trinajstić information content (AvgIpc) is 1.61. The van der Waals surface area contributed by atoms with Crippen LogP contribution in [-0.4, -0.2) is 20.4 Å². The molecular formula is C3H9BNP. The van der Waals surface area contributed by atoms with Crippen LogP contribution in [0, 0.1) is 0 Å². The Balaban J connectivity index is 2.34. The fourth-order valence-corrected chi connectivity index (χ4v) is 0.592. The molecule has 0 aromatic rings. The van der Waals surface area contributed by atoms with Crippen LogP contribution >= 0.6 is 8.46 Å². The lowest BCUT2D eigenvalue weighted by molar-refractivity contribution is 0.839. The second kappa shape index (κ2) is 5.45. The van der Waals surface area contributed by atoms with Crippen LogP contribution in [0.5, 0.6) is 0 Å². The van der Waals surface area contributed by atoms with Gasteiger partial charge in [-0.15, -0.1) is 0 Å². The molecule has 2 radical (unpaired) electrons. The van der Waals surface area contributed by atoms with E-state index < -0.39 is 0 Å². The predicted octanol–water partition coefficient (Wildman–Crippen LogP) is 0.315. The lowest BCUT2D eigenvalue weighted by Crippen LogP contribution is -2.09. The summed E-state index contributed by atoms with van der Waals surface area (Å²) in [7, 11) is 5.73. The molecule has 0 saturated carbocycles. The summed E-state index contributed by atoms with van der Waals surface area (Å²) in [5.41, 5.74) is 0. The second-order valence-corrected chi connectivity index (χ2v) is 1.75. The molecule has 1 nitrogen and oxygen atoms in total. The third-order valence-corrected chi connectivity index (χ3v) is 0.931. The molecule has 1 N–H and O–H groups in total. The van der Waals surface area contributed by atoms with Crippen LogP contribution in [0.1, 0.15) is 6.92 Å². The Kier molecular flexibility index (Phi) is 5.87. The Morgan fingerprint density at radius 2 is 2.50 bits per heavy atom. The minimum Gasteiger partial charge on any atom is -0.314 e. The molecule has 1 unspecified atom stereocenters. The SMILES string of the molecule is [B]PCNCC. The summed E-state index contributed by atoms with van der Waals surface area (Å²) in [6.45, 7) is 3.10. The first-order valence-corrected chi connectivity index (χ1v) is 3.34. The van der Waals surface area contributed by atoms with E-state index >= 15 is 0 Å². The van der Waals surface area contributed by atoms with E-state index in [0.29, 0.717) is 8.46 Å². The van der Waals surface area contributed by atoms with Crippen LogP contribution in [0.2, 0.25) is 0 Å². The van der Waals surface area contributed by atoms with Crippen molar-refractivity contribution in [1.29, 1.82) is 0 Å². The number of nitrogens with one attached hydrogen (secondary N) is 1. The van der Waals surface area contributed by atoms with Crippen molar-refractivity contribution in [2.24, 2.45) is 0 Å². The highest BCUT2D eigenvalue weighted by Crippen LogP contribution is 1.92. The van der Waals surface area contributed by atoms with Gasteiger partial charge in [0.05, 0.1) is 0 Å². The van der Waals surface area contributed by atoms with Gasteiger partial charge in [-0.3, -0.25) is 0 Å². The van der Waals surface area contributed by atoms with Crippen LogP contribution < -0.4 is 5.32 Å². The zero-order chi connectivity index (χ0) is 4.83. The molecule has 1 atom stereocenters. The molecule has 0 fully saturated rings. The van der Waals surface area contributed by atoms with Gasteiger partial charge in [-0.2, -0.15) is 8.46 Å². The Morgan fingerprint density at radius 1 is 1.83 bits per heavy atom. The van der Waals surface area contributed by atoms with E-state index in [1.54, 1.807) is 0 Å². The summed E-state index contributed by atoms with van der Waals surface area (Å²) >= 11 is 0. The van der Waals surface area contributed by atoms with Crippen LogP contribution in [0.25, 0.3) is 0 Å². The lowest BCUT2D eigenvalue weighted by Gasteiger charge is -1.92. The van der Waals surface area contributed by atoms with Gasteiger partial charge in [0, 0.05) is 6.29 Å². The zero-order valence-corrected chi connectivity index (χ0v) is 4.99. The van der Waals surface area contributed by atoms with Gasteiger partial charge in [0.15, 0.2) is 0 Å². The molecule has 0 aromatic heterocycles. The molecule has 0 heterocycles. The summed E-state index contributed by atoms with van der Waals surface area (Å²) in [6, 6.07) is 0. The third-order valence-electron chi connectivity index (χ3n) is 0.477. The van der Waals surface area contributed by atoms with Crippen molar-refractivity contribution in [2.75, 3.05) is 12.8 Å². The van der Waals surface area contributed by atoms with Gasteiger partial charge in [0.2, 0.25) is 0 Å². The quantitative estimate of drug-likeness (QED) is 0.306. The maximum atomic E-state index is 5.18. The van der Waals surface area contributed by atoms with Crippen molar-refractivity contribution in [3.8, 4) is 0 Å². The van der Waals surface area contributed by atoms with E-state index in [9.17, 15) is 0 Å². The highest BCUT2D eigenvalue weighted by Gasteiger charge is 1.70. The second-order valence-electron chi connectivity index (χ2n) is 0.984. The summed E-state index contributed by atoms with van der Waals surface area (Å²) in [5.74, 6) is 0. The highest BCUT2D eigenvalue weighted by molar-refractivity contribution is 7.66. The molecule has 0 aliphatic heterocycles. The molecular weight excluding hydrogens is 91.8 g/mol. The predicted molar refractivity (Wildman–Crippen MR) is 32.6 cm³/mol. The Hall–Kier alpha value is 0.455. The van der Waals surface area contributed by atoms with Gasteiger partial charge < -0.3 is 5.32 Å². The molecule has 0 rings (SSSR count). The van der Waals surface area contributed by atoms with Crippen molar-refractivity contribution in [3.05, 3.63) is 0 Å². The van der Waals surface area contributed by atoms with Crippen LogP contribution in [-0.2, 0) is 0 Å². The first-order valence-electron chi connectivity index (χ1n) is 2.06. The maximum Gasteiger partial charge on any atom is 0.106 e. The van der Waals surface area contributed by atoms with Gasteiger partial charge in [0.1, 0.15) is 7.57 Å². The smallest absolute Gasteiger partial charge is 0.106 e. The number of hydrogen-bond donors (Lipinski definition) is 1. The van der Waals surface area contributed by atoms with E-state index in [2.05, 4.69) is 12.2 Å². The summed E-state index contributed by atoms with van der Waals surface area (Å²) in [5, 5.41) is 3.09. The van der Waals surface area contributed by atoms with Gasteiger partial charge >= 0.3 is 0 Å². The normalized spacial score (nSPS) is 10.8. The first kappa shape index (κ1) is 6.45. The summed E-state index contributed by atoms with van der Waals surface area (Å²) in [4.78, 5) is 0. The van der Waals surface area contributed by atoms with Crippen molar-refractivity contribution in [2.45, 2.75) is 6.92 Å². The molecule has 0 aliphatic rings. The van der Waals surface area contributed by atoms with Crippen LogP contribution in [0.3, 0.4) is 0 Å². The molecule has 0 aliphatic carbocycles. The van der Waals surface area contributed by atoms with Gasteiger partial charge in [-0.25, -0.2) is 0 Å². The Labute approximate surface area is 42.0 Å². The summed E-state index contributed by atoms with van der Waals surface area (Å²) in [6.07, 6.45) is 0.969. The fourth-order valence-electron chi connectivity index (χ4n) is 0.197. The van der Waals surface area contributed by atoms with Gasteiger partial charge in [0.25, 0.3) is 0 Å². The standard InChI is InChI=1S/C3H9BNP/c1-2-5-3-6-4/h5-6H,2-3H2,1H3. The van der Waals surface area contributed by atoms with Crippen LogP contribution in [0.4, 0.5) is 0 Å². The van der Waals surface area contributed by atoms with E-state index in [-0.39, 0.29) is 0 Å². The first-order chi connectivity index (χ1) is 2.91. The van der Waals surface area contributed by atoms with Crippen molar-refractivity contribution >= 4 is 16.0 Å². The van der Waals surface area contributed by atoms with Gasteiger partial charge in [-0.1, -0.05) is 6.92 Å². The van der Waals surface area contributed by atoms with Crippen molar-refractivity contribution < 1.29 is 0 Å². The van der Waals surface area contributed by atoms with Gasteiger partial charge in [-0.05, 0) is 6.54 Å². The minimum atomic E-state index is 0.553. The molecule has 0 amide bonds. The minimum absolute atomic E-state index is 0.553. The molecule has 3 heteroatoms. The van der Waals surface area contributed by atoms with E-state index in [1.807, 2.05) is 0 Å². The van der Waals surface area contributed by atoms with Crippen molar-refractivity contribution in [3.63, 3.8) is 0 Å². The third kappa shape index (κ3) is 4.45. The number of hydrogen-bond acceptors (Lipinski definition) is 1. The molecule has 0 saturated heterocycles. The largest absolute Gasteiger partial charge is 0.314 e. The van der Waals surface area contributed by atoms with Crippen molar-refractivity contribution in [1.82, 2.24) is 5.32 Å². The molecule has 0 spiro atoms. The van der Waals surface area contributed by atoms with Crippen LogP contribution in [0.15, 0.2) is 0 Å². The van der Waals surface area contributed by atoms with E-state index in [4.69, 9.17) is 7.57 Å². The summed E-state index contributed by atoms with van der Waals surface area (Å²) < 4.78 is 0. The Bertz CT molecular complexity index is 22.8. The monoisotopic (exact) mass is 101 g/mol. The average molecular weight is 101 g/mol. The van der Waals surface area contributed by atoms with E-state index in [1.165, 1.54) is 0 Å². The fraction of sp³-hybridized carbons (Fsp3) is 1.00. The van der Waals surface area contributed by atoms with E-state index in [0.717, 1.165) is 12.8 Å². The maximum absolute atomic E-state index is 5.18. The zero-order valence-electron chi connectivity index (χ0n) is 3.99. The Morgan fingerprint density at radius 3 is 2.67 bits per heavy atom. The lowest BCUT2D eigenvalue weighted by atomic mass is 10.8. The molecule has 0 bridgehead atoms. The highest BCUT2D eigenvalue weighted by atomic mass is 31.1. The molecule has 0 aromatic carbocycles.